The van der Waals surface area contributed by atoms with Crippen LogP contribution in [-0.2, 0) is 6.54 Å². The van der Waals surface area contributed by atoms with E-state index in [0.717, 1.165) is 39.5 Å². The van der Waals surface area contributed by atoms with Gasteiger partial charge in [0.15, 0.2) is 11.5 Å². The Balaban J connectivity index is 1.74. The van der Waals surface area contributed by atoms with Gasteiger partial charge in [-0.25, -0.2) is 9.97 Å². The van der Waals surface area contributed by atoms with Crippen LogP contribution in [0.5, 0.6) is 11.5 Å². The van der Waals surface area contributed by atoms with Crippen molar-refractivity contribution in [3.05, 3.63) is 41.5 Å². The van der Waals surface area contributed by atoms with Crippen LogP contribution in [-0.4, -0.2) is 23.7 Å². The zero-order chi connectivity index (χ0) is 16.1. The molecule has 0 saturated carbocycles. The van der Waals surface area contributed by atoms with Gasteiger partial charge in [-0.3, -0.25) is 0 Å². The number of methoxy groups -OCH3 is 1. The summed E-state index contributed by atoms with van der Waals surface area (Å²) in [6.45, 7) is 3.43. The van der Waals surface area contributed by atoms with Gasteiger partial charge in [0.05, 0.1) is 19.1 Å². The van der Waals surface area contributed by atoms with Crippen LogP contribution in [0.3, 0.4) is 0 Å². The number of hydrogen-bond acceptors (Lipinski definition) is 6. The topological polar surface area (TPSA) is 56.3 Å². The summed E-state index contributed by atoms with van der Waals surface area (Å²) in [6.07, 6.45) is 2.56. The third-order valence-electron chi connectivity index (χ3n) is 3.41. The van der Waals surface area contributed by atoms with E-state index in [4.69, 9.17) is 9.47 Å². The number of benzene rings is 1. The van der Waals surface area contributed by atoms with Gasteiger partial charge in [-0.15, -0.1) is 11.3 Å². The Bertz CT molecular complexity index is 788. The lowest BCUT2D eigenvalue weighted by molar-refractivity contribution is 0.294. The highest BCUT2D eigenvalue weighted by Crippen LogP contribution is 2.29. The maximum absolute atomic E-state index is 5.68. The molecule has 2 heterocycles. The Hall–Kier alpha value is -2.34. The Morgan fingerprint density at radius 3 is 2.91 bits per heavy atom. The lowest BCUT2D eigenvalue weighted by Crippen LogP contribution is -2.03. The SMILES string of the molecule is CCCOc1ccc(CNc2ncnc3sccc23)cc1OC. The Kier molecular flexibility index (Phi) is 4.92. The monoisotopic (exact) mass is 329 g/mol. The van der Waals surface area contributed by atoms with E-state index < -0.39 is 0 Å². The van der Waals surface area contributed by atoms with E-state index in [0.29, 0.717) is 13.2 Å². The maximum Gasteiger partial charge on any atom is 0.161 e. The normalized spacial score (nSPS) is 10.7. The fourth-order valence-corrected chi connectivity index (χ4v) is 3.00. The number of fused-ring (bicyclic) bond motifs is 1. The molecule has 0 fully saturated rings. The third-order valence-corrected chi connectivity index (χ3v) is 4.23. The number of aromatic nitrogens is 2. The predicted octanol–water partition coefficient (Wildman–Crippen LogP) is 4.10. The molecule has 23 heavy (non-hydrogen) atoms. The van der Waals surface area contributed by atoms with Crippen LogP contribution < -0.4 is 14.8 Å². The van der Waals surface area contributed by atoms with E-state index in [2.05, 4.69) is 22.2 Å². The molecule has 0 bridgehead atoms. The predicted molar refractivity (Wildman–Crippen MR) is 93.5 cm³/mol. The van der Waals surface area contributed by atoms with Gasteiger partial charge in [-0.2, -0.15) is 0 Å². The summed E-state index contributed by atoms with van der Waals surface area (Å²) in [4.78, 5) is 9.57. The molecule has 2 aromatic heterocycles. The minimum Gasteiger partial charge on any atom is -0.493 e. The second-order valence-electron chi connectivity index (χ2n) is 5.05. The number of nitrogens with one attached hydrogen (secondary N) is 1. The van der Waals surface area contributed by atoms with Crippen molar-refractivity contribution in [1.82, 2.24) is 9.97 Å². The fourth-order valence-electron chi connectivity index (χ4n) is 2.27. The molecule has 0 aliphatic rings. The summed E-state index contributed by atoms with van der Waals surface area (Å²) < 4.78 is 11.1. The average Bonchev–Trinajstić information content (AvgIpc) is 3.07. The number of hydrogen-bond donors (Lipinski definition) is 1. The second-order valence-corrected chi connectivity index (χ2v) is 5.94. The average molecular weight is 329 g/mol. The van der Waals surface area contributed by atoms with Crippen LogP contribution >= 0.6 is 11.3 Å². The molecule has 0 aliphatic heterocycles. The van der Waals surface area contributed by atoms with Gasteiger partial charge in [0.2, 0.25) is 0 Å². The molecular formula is C17H19N3O2S. The van der Waals surface area contributed by atoms with Gasteiger partial charge in [0, 0.05) is 6.54 Å². The molecule has 0 unspecified atom stereocenters. The van der Waals surface area contributed by atoms with Crippen molar-refractivity contribution in [2.45, 2.75) is 19.9 Å². The molecule has 5 nitrogen and oxygen atoms in total. The number of rotatable bonds is 7. The van der Waals surface area contributed by atoms with Crippen molar-refractivity contribution >= 4 is 27.4 Å². The van der Waals surface area contributed by atoms with Crippen molar-refractivity contribution in [2.75, 3.05) is 19.0 Å². The summed E-state index contributed by atoms with van der Waals surface area (Å²) >= 11 is 1.61. The van der Waals surface area contributed by atoms with Gasteiger partial charge < -0.3 is 14.8 Å². The summed E-state index contributed by atoms with van der Waals surface area (Å²) in [5, 5.41) is 6.43. The Morgan fingerprint density at radius 2 is 2.09 bits per heavy atom. The second kappa shape index (κ2) is 7.28. The highest BCUT2D eigenvalue weighted by atomic mass is 32.1. The quantitative estimate of drug-likeness (QED) is 0.707. The zero-order valence-electron chi connectivity index (χ0n) is 13.2. The minimum atomic E-state index is 0.659. The summed E-state index contributed by atoms with van der Waals surface area (Å²) in [5.41, 5.74) is 1.10. The largest absolute Gasteiger partial charge is 0.493 e. The number of thiophene rings is 1. The van der Waals surface area contributed by atoms with E-state index in [1.165, 1.54) is 0 Å². The molecule has 3 aromatic rings. The first-order valence-corrected chi connectivity index (χ1v) is 8.41. The highest BCUT2D eigenvalue weighted by molar-refractivity contribution is 7.16. The van der Waals surface area contributed by atoms with Crippen molar-refractivity contribution in [2.24, 2.45) is 0 Å². The maximum atomic E-state index is 5.68. The zero-order valence-corrected chi connectivity index (χ0v) is 14.0. The highest BCUT2D eigenvalue weighted by Gasteiger charge is 2.07. The van der Waals surface area contributed by atoms with Crippen LogP contribution in [0.15, 0.2) is 36.0 Å². The third kappa shape index (κ3) is 3.53. The van der Waals surface area contributed by atoms with E-state index in [-0.39, 0.29) is 0 Å². The van der Waals surface area contributed by atoms with Gasteiger partial charge in [0.1, 0.15) is 17.0 Å². The van der Waals surface area contributed by atoms with E-state index in [9.17, 15) is 0 Å². The standard InChI is InChI=1S/C17H19N3O2S/c1-3-7-22-14-5-4-12(9-15(14)21-2)10-18-16-13-6-8-23-17(13)20-11-19-16/h4-6,8-9,11H,3,7,10H2,1-2H3,(H,18,19,20). The molecular weight excluding hydrogens is 310 g/mol. The van der Waals surface area contributed by atoms with Crippen LogP contribution in [0, 0.1) is 0 Å². The molecule has 1 N–H and O–H groups in total. The molecule has 0 radical (unpaired) electrons. The number of nitrogens with zero attached hydrogens (tertiary/aromatic N) is 2. The van der Waals surface area contributed by atoms with E-state index in [1.54, 1.807) is 24.8 Å². The van der Waals surface area contributed by atoms with Gasteiger partial charge in [0.25, 0.3) is 0 Å². The van der Waals surface area contributed by atoms with Crippen molar-refractivity contribution < 1.29 is 9.47 Å². The molecule has 0 spiro atoms. The fraction of sp³-hybridized carbons (Fsp3) is 0.294. The summed E-state index contributed by atoms with van der Waals surface area (Å²) in [5.74, 6) is 2.38. The van der Waals surface area contributed by atoms with Crippen LogP contribution in [0.4, 0.5) is 5.82 Å². The molecule has 0 saturated heterocycles. The summed E-state index contributed by atoms with van der Waals surface area (Å²) in [7, 11) is 1.66. The first kappa shape index (κ1) is 15.6. The van der Waals surface area contributed by atoms with Crippen LogP contribution in [0.1, 0.15) is 18.9 Å². The molecule has 0 atom stereocenters. The van der Waals surface area contributed by atoms with Crippen molar-refractivity contribution in [1.29, 1.82) is 0 Å². The van der Waals surface area contributed by atoms with Crippen LogP contribution in [0.2, 0.25) is 0 Å². The minimum absolute atomic E-state index is 0.659. The number of ether oxygens (including phenoxy) is 2. The first-order valence-electron chi connectivity index (χ1n) is 7.53. The molecule has 120 valence electrons. The lowest BCUT2D eigenvalue weighted by Gasteiger charge is -2.12. The van der Waals surface area contributed by atoms with Crippen LogP contribution in [0.25, 0.3) is 10.2 Å². The Morgan fingerprint density at radius 1 is 1.17 bits per heavy atom. The number of anilines is 1. The molecule has 6 heteroatoms. The van der Waals surface area contributed by atoms with Gasteiger partial charge in [-0.05, 0) is 35.6 Å². The molecule has 0 aliphatic carbocycles. The lowest BCUT2D eigenvalue weighted by atomic mass is 10.2. The first-order chi connectivity index (χ1) is 11.3. The van der Waals surface area contributed by atoms with E-state index in [1.807, 2.05) is 29.6 Å². The van der Waals surface area contributed by atoms with E-state index >= 15 is 0 Å². The Labute approximate surface area is 139 Å². The van der Waals surface area contributed by atoms with Crippen molar-refractivity contribution in [3.63, 3.8) is 0 Å². The molecule has 3 rings (SSSR count). The molecule has 1 aromatic carbocycles. The van der Waals surface area contributed by atoms with Gasteiger partial charge in [-0.1, -0.05) is 13.0 Å². The summed E-state index contributed by atoms with van der Waals surface area (Å²) in [6, 6.07) is 8.01. The molecule has 0 amide bonds. The smallest absolute Gasteiger partial charge is 0.161 e. The van der Waals surface area contributed by atoms with Gasteiger partial charge >= 0.3 is 0 Å². The van der Waals surface area contributed by atoms with Crippen molar-refractivity contribution in [3.8, 4) is 11.5 Å².